The summed E-state index contributed by atoms with van der Waals surface area (Å²) in [6.07, 6.45) is 0. The van der Waals surface area contributed by atoms with Gasteiger partial charge in [0, 0.05) is 13.2 Å². The zero-order chi connectivity index (χ0) is 10.5. The molecule has 0 atom stereocenters. The SMILES string of the molecule is CCOC(C)(C)NC(C)(C)OCC. The summed E-state index contributed by atoms with van der Waals surface area (Å²) in [6.45, 7) is 13.3. The molecule has 0 aromatic rings. The smallest absolute Gasteiger partial charge is 0.115 e. The van der Waals surface area contributed by atoms with Crippen molar-refractivity contribution in [1.82, 2.24) is 5.32 Å². The molecule has 0 aliphatic heterocycles. The van der Waals surface area contributed by atoms with Crippen molar-refractivity contribution in [2.45, 2.75) is 53.0 Å². The summed E-state index contributed by atoms with van der Waals surface area (Å²) < 4.78 is 11.0. The molecule has 0 saturated heterocycles. The molecular formula is C10H23NO2. The molecule has 0 heterocycles. The molecule has 0 spiro atoms. The van der Waals surface area contributed by atoms with Crippen LogP contribution >= 0.6 is 0 Å². The molecule has 0 aromatic carbocycles. The first kappa shape index (κ1) is 12.9. The van der Waals surface area contributed by atoms with Crippen LogP contribution < -0.4 is 5.32 Å². The van der Waals surface area contributed by atoms with Crippen molar-refractivity contribution in [2.75, 3.05) is 13.2 Å². The van der Waals surface area contributed by atoms with E-state index in [2.05, 4.69) is 5.32 Å². The normalized spacial score (nSPS) is 13.4. The molecule has 3 nitrogen and oxygen atoms in total. The Morgan fingerprint density at radius 3 is 1.38 bits per heavy atom. The second-order valence-corrected chi connectivity index (χ2v) is 4.01. The molecule has 80 valence electrons. The highest BCUT2D eigenvalue weighted by atomic mass is 16.5. The van der Waals surface area contributed by atoms with Crippen molar-refractivity contribution in [3.63, 3.8) is 0 Å². The van der Waals surface area contributed by atoms with E-state index in [-0.39, 0.29) is 11.4 Å². The topological polar surface area (TPSA) is 30.5 Å². The first-order valence-corrected chi connectivity index (χ1v) is 4.90. The van der Waals surface area contributed by atoms with E-state index >= 15 is 0 Å². The largest absolute Gasteiger partial charge is 0.361 e. The second kappa shape index (κ2) is 4.94. The molecule has 0 fully saturated rings. The Kier molecular flexibility index (Phi) is 4.89. The van der Waals surface area contributed by atoms with Crippen LogP contribution in [0.15, 0.2) is 0 Å². The molecule has 0 saturated carbocycles. The number of nitrogens with one attached hydrogen (secondary N) is 1. The quantitative estimate of drug-likeness (QED) is 0.649. The first-order valence-electron chi connectivity index (χ1n) is 4.90. The van der Waals surface area contributed by atoms with Gasteiger partial charge in [-0.1, -0.05) is 0 Å². The summed E-state index contributed by atoms with van der Waals surface area (Å²) in [6, 6.07) is 0. The van der Waals surface area contributed by atoms with Crippen molar-refractivity contribution < 1.29 is 9.47 Å². The Balaban J connectivity index is 4.07. The molecule has 3 heteroatoms. The minimum absolute atomic E-state index is 0.340. The van der Waals surface area contributed by atoms with Gasteiger partial charge in [0.05, 0.1) is 0 Å². The maximum absolute atomic E-state index is 5.52. The predicted molar refractivity (Wildman–Crippen MR) is 54.5 cm³/mol. The van der Waals surface area contributed by atoms with Crippen LogP contribution in [0.2, 0.25) is 0 Å². The lowest BCUT2D eigenvalue weighted by Gasteiger charge is -2.36. The number of rotatable bonds is 6. The Labute approximate surface area is 81.8 Å². The number of hydrogen-bond acceptors (Lipinski definition) is 3. The van der Waals surface area contributed by atoms with Crippen LogP contribution in [0.25, 0.3) is 0 Å². The Morgan fingerprint density at radius 2 is 1.15 bits per heavy atom. The van der Waals surface area contributed by atoms with Gasteiger partial charge in [-0.25, -0.2) is 0 Å². The molecule has 0 bridgehead atoms. The summed E-state index contributed by atoms with van der Waals surface area (Å²) in [5.74, 6) is 0. The van der Waals surface area contributed by atoms with Crippen LogP contribution in [-0.4, -0.2) is 24.7 Å². The van der Waals surface area contributed by atoms with Crippen molar-refractivity contribution >= 4 is 0 Å². The maximum atomic E-state index is 5.52. The van der Waals surface area contributed by atoms with E-state index < -0.39 is 0 Å². The van der Waals surface area contributed by atoms with E-state index in [0.717, 1.165) is 0 Å². The Hall–Kier alpha value is -0.120. The van der Waals surface area contributed by atoms with Gasteiger partial charge in [0.25, 0.3) is 0 Å². The van der Waals surface area contributed by atoms with Crippen LogP contribution in [0.3, 0.4) is 0 Å². The fourth-order valence-corrected chi connectivity index (χ4v) is 1.52. The Bertz CT molecular complexity index is 128. The van der Waals surface area contributed by atoms with Crippen LogP contribution in [0.1, 0.15) is 41.5 Å². The number of hydrogen-bond donors (Lipinski definition) is 1. The zero-order valence-corrected chi connectivity index (χ0v) is 9.73. The van der Waals surface area contributed by atoms with Gasteiger partial charge in [0.1, 0.15) is 11.4 Å². The van der Waals surface area contributed by atoms with Gasteiger partial charge in [-0.2, -0.15) is 0 Å². The van der Waals surface area contributed by atoms with Gasteiger partial charge in [0.2, 0.25) is 0 Å². The minimum Gasteiger partial charge on any atom is -0.361 e. The highest BCUT2D eigenvalue weighted by molar-refractivity contribution is 4.74. The number of ether oxygens (including phenoxy) is 2. The summed E-state index contributed by atoms with van der Waals surface area (Å²) in [4.78, 5) is 0. The summed E-state index contributed by atoms with van der Waals surface area (Å²) in [5, 5.41) is 3.29. The van der Waals surface area contributed by atoms with E-state index in [1.165, 1.54) is 0 Å². The first-order chi connectivity index (χ1) is 5.83. The molecule has 0 unspecified atom stereocenters. The van der Waals surface area contributed by atoms with Crippen molar-refractivity contribution in [1.29, 1.82) is 0 Å². The van der Waals surface area contributed by atoms with Gasteiger partial charge < -0.3 is 9.47 Å². The van der Waals surface area contributed by atoms with Gasteiger partial charge in [-0.3, -0.25) is 5.32 Å². The predicted octanol–water partition coefficient (Wildman–Crippen LogP) is 2.12. The highest BCUT2D eigenvalue weighted by Gasteiger charge is 2.27. The van der Waals surface area contributed by atoms with Crippen LogP contribution in [0.4, 0.5) is 0 Å². The van der Waals surface area contributed by atoms with E-state index in [4.69, 9.17) is 9.47 Å². The van der Waals surface area contributed by atoms with Gasteiger partial charge in [-0.05, 0) is 41.5 Å². The van der Waals surface area contributed by atoms with E-state index in [0.29, 0.717) is 13.2 Å². The van der Waals surface area contributed by atoms with E-state index in [9.17, 15) is 0 Å². The van der Waals surface area contributed by atoms with Crippen molar-refractivity contribution in [2.24, 2.45) is 0 Å². The molecule has 0 aromatic heterocycles. The van der Waals surface area contributed by atoms with Gasteiger partial charge >= 0.3 is 0 Å². The fraction of sp³-hybridized carbons (Fsp3) is 1.00. The van der Waals surface area contributed by atoms with Crippen molar-refractivity contribution in [3.05, 3.63) is 0 Å². The molecule has 0 rings (SSSR count). The lowest BCUT2D eigenvalue weighted by Crippen LogP contribution is -2.54. The molecule has 0 aliphatic rings. The molecule has 0 radical (unpaired) electrons. The third-order valence-corrected chi connectivity index (χ3v) is 1.61. The standard InChI is InChI=1S/C10H23NO2/c1-7-12-9(3,4)11-10(5,6)13-8-2/h11H,7-8H2,1-6H3. The second-order valence-electron chi connectivity index (χ2n) is 4.01. The van der Waals surface area contributed by atoms with Crippen LogP contribution in [-0.2, 0) is 9.47 Å². The molecule has 1 N–H and O–H groups in total. The van der Waals surface area contributed by atoms with Crippen LogP contribution in [0.5, 0.6) is 0 Å². The van der Waals surface area contributed by atoms with Gasteiger partial charge in [-0.15, -0.1) is 0 Å². The minimum atomic E-state index is -0.340. The fourth-order valence-electron chi connectivity index (χ4n) is 1.52. The van der Waals surface area contributed by atoms with E-state index in [1.807, 2.05) is 41.5 Å². The Morgan fingerprint density at radius 1 is 0.846 bits per heavy atom. The molecule has 13 heavy (non-hydrogen) atoms. The molecule has 0 aliphatic carbocycles. The zero-order valence-electron chi connectivity index (χ0n) is 9.73. The summed E-state index contributed by atoms with van der Waals surface area (Å²) >= 11 is 0. The summed E-state index contributed by atoms with van der Waals surface area (Å²) in [5.41, 5.74) is -0.680. The lowest BCUT2D eigenvalue weighted by atomic mass is 10.2. The third-order valence-electron chi connectivity index (χ3n) is 1.61. The molecular weight excluding hydrogens is 166 g/mol. The lowest BCUT2D eigenvalue weighted by molar-refractivity contribution is -0.126. The van der Waals surface area contributed by atoms with Crippen LogP contribution in [0, 0.1) is 0 Å². The average molecular weight is 189 g/mol. The third kappa shape index (κ3) is 6.02. The molecule has 0 amide bonds. The summed E-state index contributed by atoms with van der Waals surface area (Å²) in [7, 11) is 0. The average Bonchev–Trinajstić information content (AvgIpc) is 1.82. The van der Waals surface area contributed by atoms with Gasteiger partial charge in [0.15, 0.2) is 0 Å². The van der Waals surface area contributed by atoms with Crippen molar-refractivity contribution in [3.8, 4) is 0 Å². The van der Waals surface area contributed by atoms with E-state index in [1.54, 1.807) is 0 Å². The maximum Gasteiger partial charge on any atom is 0.115 e. The monoisotopic (exact) mass is 189 g/mol. The highest BCUT2D eigenvalue weighted by Crippen LogP contribution is 2.13.